The van der Waals surface area contributed by atoms with E-state index in [1.165, 1.54) is 11.8 Å². The Labute approximate surface area is 193 Å². The molecule has 1 aromatic heterocycles. The summed E-state index contributed by atoms with van der Waals surface area (Å²) in [7, 11) is 0. The molecular weight excluding hydrogens is 422 g/mol. The van der Waals surface area contributed by atoms with Crippen molar-refractivity contribution >= 4 is 29.3 Å². The number of nitrogens with one attached hydrogen (secondary N) is 1. The van der Waals surface area contributed by atoms with Crippen LogP contribution in [0.2, 0.25) is 0 Å². The summed E-state index contributed by atoms with van der Waals surface area (Å²) >= 11 is 1.35. The zero-order valence-electron chi connectivity index (χ0n) is 19.0. The van der Waals surface area contributed by atoms with E-state index in [1.54, 1.807) is 29.2 Å². The monoisotopic (exact) mass is 451 g/mol. The third kappa shape index (κ3) is 5.56. The average molecular weight is 452 g/mol. The summed E-state index contributed by atoms with van der Waals surface area (Å²) < 4.78 is 2.01. The van der Waals surface area contributed by atoms with Gasteiger partial charge in [0.2, 0.25) is 5.91 Å². The van der Waals surface area contributed by atoms with E-state index in [9.17, 15) is 9.59 Å². The first-order chi connectivity index (χ1) is 15.5. The second-order valence-electron chi connectivity index (χ2n) is 7.31. The van der Waals surface area contributed by atoms with Gasteiger partial charge >= 0.3 is 0 Å². The molecule has 0 saturated carbocycles. The van der Waals surface area contributed by atoms with Gasteiger partial charge in [-0.3, -0.25) is 9.59 Å². The van der Waals surface area contributed by atoms with E-state index in [-0.39, 0.29) is 17.6 Å². The Hall–Kier alpha value is -3.13. The minimum absolute atomic E-state index is 0.00764. The Kier molecular flexibility index (Phi) is 8.05. The first kappa shape index (κ1) is 23.5. The molecule has 2 aromatic carbocycles. The highest BCUT2D eigenvalue weighted by Crippen LogP contribution is 2.24. The fourth-order valence-corrected chi connectivity index (χ4v) is 4.20. The van der Waals surface area contributed by atoms with Crippen LogP contribution >= 0.6 is 11.8 Å². The summed E-state index contributed by atoms with van der Waals surface area (Å²) in [6.07, 6.45) is 0. The lowest BCUT2D eigenvalue weighted by atomic mass is 10.1. The molecule has 8 heteroatoms. The molecular formula is C24H29N5O2S. The molecule has 168 valence electrons. The largest absolute Gasteiger partial charge is 0.339 e. The lowest BCUT2D eigenvalue weighted by Crippen LogP contribution is -2.30. The molecule has 0 radical (unpaired) electrons. The summed E-state index contributed by atoms with van der Waals surface area (Å²) in [5.74, 6) is 0.867. The van der Waals surface area contributed by atoms with Crippen molar-refractivity contribution in [3.05, 3.63) is 59.7 Å². The van der Waals surface area contributed by atoms with Crippen LogP contribution < -0.4 is 5.32 Å². The summed E-state index contributed by atoms with van der Waals surface area (Å²) in [5, 5.41) is 12.2. The van der Waals surface area contributed by atoms with Crippen molar-refractivity contribution in [3.63, 3.8) is 0 Å². The van der Waals surface area contributed by atoms with Crippen LogP contribution in [0.4, 0.5) is 5.69 Å². The average Bonchev–Trinajstić information content (AvgIpc) is 3.22. The van der Waals surface area contributed by atoms with Crippen LogP contribution in [-0.4, -0.2) is 50.3 Å². The lowest BCUT2D eigenvalue weighted by Gasteiger charge is -2.18. The van der Waals surface area contributed by atoms with E-state index in [2.05, 4.69) is 21.6 Å². The molecule has 0 aliphatic rings. The van der Waals surface area contributed by atoms with Crippen molar-refractivity contribution < 1.29 is 9.59 Å². The number of thioether (sulfide) groups is 1. The molecule has 0 saturated heterocycles. The summed E-state index contributed by atoms with van der Waals surface area (Å²) in [6.45, 7) is 10.0. The minimum atomic E-state index is -0.138. The Morgan fingerprint density at radius 3 is 2.38 bits per heavy atom. The van der Waals surface area contributed by atoms with Crippen molar-refractivity contribution in [1.82, 2.24) is 19.7 Å². The van der Waals surface area contributed by atoms with E-state index >= 15 is 0 Å². The Balaban J connectivity index is 1.61. The third-order valence-corrected chi connectivity index (χ3v) is 6.07. The highest BCUT2D eigenvalue weighted by Gasteiger charge is 2.15. The number of carbonyl (C=O) groups is 2. The molecule has 0 atom stereocenters. The van der Waals surface area contributed by atoms with E-state index in [1.807, 2.05) is 50.5 Å². The first-order valence-corrected chi connectivity index (χ1v) is 11.8. The van der Waals surface area contributed by atoms with Crippen molar-refractivity contribution in [2.45, 2.75) is 39.4 Å². The van der Waals surface area contributed by atoms with E-state index in [0.717, 1.165) is 17.0 Å². The smallest absolute Gasteiger partial charge is 0.253 e. The highest BCUT2D eigenvalue weighted by molar-refractivity contribution is 7.99. The number of hydrogen-bond donors (Lipinski definition) is 1. The molecule has 0 bridgehead atoms. The summed E-state index contributed by atoms with van der Waals surface area (Å²) in [6, 6.07) is 15.1. The van der Waals surface area contributed by atoms with Crippen LogP contribution in [0.3, 0.4) is 0 Å². The molecule has 1 heterocycles. The van der Waals surface area contributed by atoms with Crippen LogP contribution in [-0.2, 0) is 11.3 Å². The normalized spacial score (nSPS) is 10.8. The minimum Gasteiger partial charge on any atom is -0.339 e. The molecule has 2 amide bonds. The predicted octanol–water partition coefficient (Wildman–Crippen LogP) is 4.49. The molecule has 7 nitrogen and oxygen atoms in total. The summed E-state index contributed by atoms with van der Waals surface area (Å²) in [4.78, 5) is 26.6. The second-order valence-corrected chi connectivity index (χ2v) is 8.25. The number of hydrogen-bond acceptors (Lipinski definition) is 5. The number of anilines is 1. The van der Waals surface area contributed by atoms with Crippen molar-refractivity contribution in [1.29, 1.82) is 0 Å². The van der Waals surface area contributed by atoms with Crippen molar-refractivity contribution in [2.75, 3.05) is 24.2 Å². The molecule has 0 aliphatic carbocycles. The maximum atomic E-state index is 12.5. The zero-order chi connectivity index (χ0) is 23.1. The second kappa shape index (κ2) is 10.9. The molecule has 1 N–H and O–H groups in total. The van der Waals surface area contributed by atoms with Gasteiger partial charge in [0.1, 0.15) is 0 Å². The molecule has 0 fully saturated rings. The van der Waals surface area contributed by atoms with Gasteiger partial charge < -0.3 is 14.8 Å². The number of aromatic nitrogens is 3. The third-order valence-electron chi connectivity index (χ3n) is 5.11. The van der Waals surface area contributed by atoms with Gasteiger partial charge in [0.25, 0.3) is 5.91 Å². The standard InChI is InChI=1S/C24H29N5O2S/c1-5-28(6-2)23(31)18-11-13-20(14-12-18)25-21(30)16-32-24-27-26-22(29(24)7-3)19-10-8-9-17(4)15-19/h8-15H,5-7,16H2,1-4H3,(H,25,30). The number of carbonyl (C=O) groups excluding carboxylic acids is 2. The van der Waals surface area contributed by atoms with Gasteiger partial charge in [0, 0.05) is 36.4 Å². The molecule has 3 rings (SSSR count). The Morgan fingerprint density at radius 1 is 1.03 bits per heavy atom. The zero-order valence-corrected chi connectivity index (χ0v) is 19.8. The maximum absolute atomic E-state index is 12.5. The number of nitrogens with zero attached hydrogens (tertiary/aromatic N) is 4. The predicted molar refractivity (Wildman–Crippen MR) is 129 cm³/mol. The number of rotatable bonds is 9. The van der Waals surface area contributed by atoms with Gasteiger partial charge in [-0.2, -0.15) is 0 Å². The van der Waals surface area contributed by atoms with E-state index in [4.69, 9.17) is 0 Å². The maximum Gasteiger partial charge on any atom is 0.253 e. The van der Waals surface area contributed by atoms with Gasteiger partial charge in [-0.25, -0.2) is 0 Å². The highest BCUT2D eigenvalue weighted by atomic mass is 32.2. The van der Waals surface area contributed by atoms with E-state index < -0.39 is 0 Å². The van der Waals surface area contributed by atoms with Crippen LogP contribution in [0.1, 0.15) is 36.7 Å². The van der Waals surface area contributed by atoms with Crippen molar-refractivity contribution in [2.24, 2.45) is 0 Å². The number of amides is 2. The van der Waals surface area contributed by atoms with Gasteiger partial charge in [-0.05, 0) is 58.0 Å². The number of benzene rings is 2. The molecule has 0 aliphatic heterocycles. The molecule has 3 aromatic rings. The van der Waals surface area contributed by atoms with Crippen LogP contribution in [0.5, 0.6) is 0 Å². The van der Waals surface area contributed by atoms with Crippen LogP contribution in [0.15, 0.2) is 53.7 Å². The van der Waals surface area contributed by atoms with E-state index in [0.29, 0.717) is 36.0 Å². The Morgan fingerprint density at radius 2 is 1.75 bits per heavy atom. The molecule has 32 heavy (non-hydrogen) atoms. The topological polar surface area (TPSA) is 80.1 Å². The molecule has 0 spiro atoms. The van der Waals surface area contributed by atoms with Gasteiger partial charge in [0.15, 0.2) is 11.0 Å². The lowest BCUT2D eigenvalue weighted by molar-refractivity contribution is -0.113. The fourth-order valence-electron chi connectivity index (χ4n) is 3.39. The van der Waals surface area contributed by atoms with Gasteiger partial charge in [0.05, 0.1) is 5.75 Å². The Bertz CT molecular complexity index is 1070. The summed E-state index contributed by atoms with van der Waals surface area (Å²) in [5.41, 5.74) is 3.44. The van der Waals surface area contributed by atoms with Gasteiger partial charge in [-0.1, -0.05) is 35.5 Å². The van der Waals surface area contributed by atoms with Gasteiger partial charge in [-0.15, -0.1) is 10.2 Å². The number of aryl methyl sites for hydroxylation is 1. The molecule has 0 unspecified atom stereocenters. The first-order valence-electron chi connectivity index (χ1n) is 10.8. The van der Waals surface area contributed by atoms with Crippen molar-refractivity contribution in [3.8, 4) is 11.4 Å². The quantitative estimate of drug-likeness (QED) is 0.485. The van der Waals surface area contributed by atoms with Crippen LogP contribution in [0, 0.1) is 6.92 Å². The SMILES string of the molecule is CCN(CC)C(=O)c1ccc(NC(=O)CSc2nnc(-c3cccc(C)c3)n2CC)cc1. The van der Waals surface area contributed by atoms with Crippen LogP contribution in [0.25, 0.3) is 11.4 Å². The fraction of sp³-hybridized carbons (Fsp3) is 0.333.